The molecule has 96 valence electrons. The van der Waals surface area contributed by atoms with E-state index in [1.54, 1.807) is 6.20 Å². The molecule has 4 nitrogen and oxygen atoms in total. The Kier molecular flexibility index (Phi) is 4.86. The van der Waals surface area contributed by atoms with Gasteiger partial charge in [-0.25, -0.2) is 0 Å². The van der Waals surface area contributed by atoms with Crippen molar-refractivity contribution in [3.8, 4) is 5.75 Å². The Morgan fingerprint density at radius 2 is 2.29 bits per heavy atom. The first-order chi connectivity index (χ1) is 8.38. The molecular formula is C13H23N3O. The van der Waals surface area contributed by atoms with Crippen molar-refractivity contribution in [3.63, 3.8) is 0 Å². The van der Waals surface area contributed by atoms with Gasteiger partial charge in [0.15, 0.2) is 5.75 Å². The fourth-order valence-electron chi connectivity index (χ4n) is 2.35. The van der Waals surface area contributed by atoms with E-state index in [4.69, 9.17) is 4.74 Å². The van der Waals surface area contributed by atoms with Crippen LogP contribution in [0.5, 0.6) is 5.75 Å². The Bertz CT molecular complexity index is 318. The van der Waals surface area contributed by atoms with Gasteiger partial charge in [-0.1, -0.05) is 12.8 Å². The highest BCUT2D eigenvalue weighted by Crippen LogP contribution is 2.23. The van der Waals surface area contributed by atoms with Crippen LogP contribution in [-0.4, -0.2) is 29.5 Å². The monoisotopic (exact) mass is 237 g/mol. The molecule has 17 heavy (non-hydrogen) atoms. The van der Waals surface area contributed by atoms with Crippen LogP contribution in [0.25, 0.3) is 0 Å². The summed E-state index contributed by atoms with van der Waals surface area (Å²) in [6, 6.07) is 0. The fourth-order valence-corrected chi connectivity index (χ4v) is 2.35. The van der Waals surface area contributed by atoms with Crippen molar-refractivity contribution in [2.24, 2.45) is 5.92 Å². The zero-order valence-corrected chi connectivity index (χ0v) is 10.7. The lowest BCUT2D eigenvalue weighted by molar-refractivity contribution is 0.308. The second-order valence-electron chi connectivity index (χ2n) is 4.73. The van der Waals surface area contributed by atoms with Gasteiger partial charge in [-0.15, -0.1) is 0 Å². The summed E-state index contributed by atoms with van der Waals surface area (Å²) in [5.41, 5.74) is 0. The molecule has 1 N–H and O–H groups in total. The predicted molar refractivity (Wildman–Crippen MR) is 68.2 cm³/mol. The molecule has 1 fully saturated rings. The van der Waals surface area contributed by atoms with Gasteiger partial charge in [0.2, 0.25) is 0 Å². The summed E-state index contributed by atoms with van der Waals surface area (Å²) in [5, 5.41) is 7.63. The maximum atomic E-state index is 5.61. The summed E-state index contributed by atoms with van der Waals surface area (Å²) in [6.45, 7) is 5.76. The highest BCUT2D eigenvalue weighted by molar-refractivity contribution is 5.11. The Morgan fingerprint density at radius 1 is 1.47 bits per heavy atom. The highest BCUT2D eigenvalue weighted by atomic mass is 16.5. The van der Waals surface area contributed by atoms with Gasteiger partial charge in [0, 0.05) is 13.1 Å². The molecule has 0 amide bonds. The van der Waals surface area contributed by atoms with Gasteiger partial charge in [-0.3, -0.25) is 4.68 Å². The number of nitrogens with zero attached hydrogens (tertiary/aromatic N) is 2. The molecule has 2 rings (SSSR count). The van der Waals surface area contributed by atoms with Crippen LogP contribution in [0.15, 0.2) is 12.4 Å². The maximum Gasteiger partial charge on any atom is 0.157 e. The molecule has 1 aliphatic carbocycles. The van der Waals surface area contributed by atoms with Crippen molar-refractivity contribution < 1.29 is 4.74 Å². The van der Waals surface area contributed by atoms with Gasteiger partial charge >= 0.3 is 0 Å². The molecule has 0 spiro atoms. The third kappa shape index (κ3) is 4.04. The SMILES string of the molecule is CCn1cc(OCCNCC2CCCC2)cn1. The first-order valence-corrected chi connectivity index (χ1v) is 6.74. The molecule has 0 atom stereocenters. The van der Waals surface area contributed by atoms with Gasteiger partial charge in [0.1, 0.15) is 6.61 Å². The average Bonchev–Trinajstić information content (AvgIpc) is 2.99. The van der Waals surface area contributed by atoms with Gasteiger partial charge in [0.25, 0.3) is 0 Å². The van der Waals surface area contributed by atoms with Crippen LogP contribution in [0.4, 0.5) is 0 Å². The van der Waals surface area contributed by atoms with Crippen molar-refractivity contribution in [1.29, 1.82) is 0 Å². The molecule has 1 heterocycles. The van der Waals surface area contributed by atoms with Crippen molar-refractivity contribution >= 4 is 0 Å². The number of rotatable bonds is 7. The van der Waals surface area contributed by atoms with Crippen molar-refractivity contribution in [3.05, 3.63) is 12.4 Å². The number of aryl methyl sites for hydroxylation is 1. The van der Waals surface area contributed by atoms with E-state index in [2.05, 4.69) is 17.3 Å². The summed E-state index contributed by atoms with van der Waals surface area (Å²) in [7, 11) is 0. The van der Waals surface area contributed by atoms with Crippen LogP contribution >= 0.6 is 0 Å². The minimum atomic E-state index is 0.724. The zero-order valence-electron chi connectivity index (χ0n) is 10.7. The van der Waals surface area contributed by atoms with E-state index >= 15 is 0 Å². The molecule has 1 aromatic heterocycles. The Balaban J connectivity index is 1.53. The van der Waals surface area contributed by atoms with Crippen LogP contribution in [0.3, 0.4) is 0 Å². The van der Waals surface area contributed by atoms with E-state index in [1.807, 2.05) is 10.9 Å². The number of hydrogen-bond donors (Lipinski definition) is 1. The first kappa shape index (κ1) is 12.4. The molecule has 0 radical (unpaired) electrons. The molecule has 0 saturated heterocycles. The molecule has 0 aliphatic heterocycles. The van der Waals surface area contributed by atoms with Gasteiger partial charge in [-0.05, 0) is 32.2 Å². The molecular weight excluding hydrogens is 214 g/mol. The number of ether oxygens (including phenoxy) is 1. The lowest BCUT2D eigenvalue weighted by atomic mass is 10.1. The van der Waals surface area contributed by atoms with Gasteiger partial charge < -0.3 is 10.1 Å². The highest BCUT2D eigenvalue weighted by Gasteiger charge is 2.13. The third-order valence-electron chi connectivity index (χ3n) is 3.39. The summed E-state index contributed by atoms with van der Waals surface area (Å²) in [6.07, 6.45) is 9.35. The zero-order chi connectivity index (χ0) is 11.9. The van der Waals surface area contributed by atoms with E-state index in [9.17, 15) is 0 Å². The Hall–Kier alpha value is -1.03. The summed E-state index contributed by atoms with van der Waals surface area (Å²) in [5.74, 6) is 1.77. The van der Waals surface area contributed by atoms with Crippen LogP contribution in [-0.2, 0) is 6.54 Å². The standard InChI is InChI=1S/C13H23N3O/c1-2-16-11-13(10-15-16)17-8-7-14-9-12-5-3-4-6-12/h10-12,14H,2-9H2,1H3. The van der Waals surface area contributed by atoms with E-state index in [0.717, 1.165) is 37.9 Å². The summed E-state index contributed by atoms with van der Waals surface area (Å²) < 4.78 is 7.48. The van der Waals surface area contributed by atoms with Crippen molar-refractivity contribution in [2.75, 3.05) is 19.7 Å². The number of nitrogens with one attached hydrogen (secondary N) is 1. The van der Waals surface area contributed by atoms with Crippen LogP contribution in [0.2, 0.25) is 0 Å². The molecule has 1 aromatic rings. The molecule has 1 saturated carbocycles. The molecule has 4 heteroatoms. The van der Waals surface area contributed by atoms with Crippen molar-refractivity contribution in [2.45, 2.75) is 39.2 Å². The smallest absolute Gasteiger partial charge is 0.157 e. The van der Waals surface area contributed by atoms with E-state index in [-0.39, 0.29) is 0 Å². The van der Waals surface area contributed by atoms with E-state index < -0.39 is 0 Å². The topological polar surface area (TPSA) is 39.1 Å². The minimum Gasteiger partial charge on any atom is -0.489 e. The minimum absolute atomic E-state index is 0.724. The lowest BCUT2D eigenvalue weighted by Crippen LogP contribution is -2.26. The van der Waals surface area contributed by atoms with E-state index in [0.29, 0.717) is 0 Å². The van der Waals surface area contributed by atoms with Crippen molar-refractivity contribution in [1.82, 2.24) is 15.1 Å². The van der Waals surface area contributed by atoms with Crippen LogP contribution in [0.1, 0.15) is 32.6 Å². The number of aromatic nitrogens is 2. The molecule has 1 aliphatic rings. The largest absolute Gasteiger partial charge is 0.489 e. The van der Waals surface area contributed by atoms with E-state index in [1.165, 1.54) is 25.7 Å². The summed E-state index contributed by atoms with van der Waals surface area (Å²) in [4.78, 5) is 0. The number of hydrogen-bond acceptors (Lipinski definition) is 3. The van der Waals surface area contributed by atoms with Gasteiger partial charge in [-0.2, -0.15) is 5.10 Å². The Labute approximate surface area is 103 Å². The molecule has 0 bridgehead atoms. The Morgan fingerprint density at radius 3 is 3.00 bits per heavy atom. The third-order valence-corrected chi connectivity index (χ3v) is 3.39. The molecule has 0 unspecified atom stereocenters. The second-order valence-corrected chi connectivity index (χ2v) is 4.73. The lowest BCUT2D eigenvalue weighted by Gasteiger charge is -2.10. The van der Waals surface area contributed by atoms with Gasteiger partial charge in [0.05, 0.1) is 12.4 Å². The average molecular weight is 237 g/mol. The van der Waals surface area contributed by atoms with Crippen LogP contribution in [0, 0.1) is 5.92 Å². The quantitative estimate of drug-likeness (QED) is 0.738. The molecule has 0 aromatic carbocycles. The summed E-state index contributed by atoms with van der Waals surface area (Å²) >= 11 is 0. The van der Waals surface area contributed by atoms with Crippen LogP contribution < -0.4 is 10.1 Å². The fraction of sp³-hybridized carbons (Fsp3) is 0.769. The maximum absolute atomic E-state index is 5.61. The second kappa shape index (κ2) is 6.64. The normalized spacial score (nSPS) is 16.5. The predicted octanol–water partition coefficient (Wildman–Crippen LogP) is 2.06. The first-order valence-electron chi connectivity index (χ1n) is 6.74.